The number of rotatable bonds is 2. The number of anilines is 1. The SMILES string of the molecule is Cc1occc1Oc1ccc(N)cc1. The molecule has 0 amide bonds. The zero-order chi connectivity index (χ0) is 9.97. The van der Waals surface area contributed by atoms with Crippen molar-refractivity contribution >= 4 is 5.69 Å². The molecule has 0 fully saturated rings. The van der Waals surface area contributed by atoms with E-state index in [1.807, 2.05) is 19.1 Å². The summed E-state index contributed by atoms with van der Waals surface area (Å²) < 4.78 is 10.7. The Morgan fingerprint density at radius 1 is 1.14 bits per heavy atom. The predicted molar refractivity (Wildman–Crippen MR) is 54.4 cm³/mol. The van der Waals surface area contributed by atoms with Gasteiger partial charge in [-0.25, -0.2) is 0 Å². The fraction of sp³-hybridized carbons (Fsp3) is 0.0909. The fourth-order valence-corrected chi connectivity index (χ4v) is 1.14. The first-order valence-corrected chi connectivity index (χ1v) is 4.33. The molecule has 0 saturated heterocycles. The maximum Gasteiger partial charge on any atom is 0.168 e. The average molecular weight is 189 g/mol. The van der Waals surface area contributed by atoms with Crippen LogP contribution in [0, 0.1) is 6.92 Å². The van der Waals surface area contributed by atoms with Crippen molar-refractivity contribution in [2.75, 3.05) is 5.73 Å². The third-order valence-corrected chi connectivity index (χ3v) is 1.92. The van der Waals surface area contributed by atoms with Crippen LogP contribution < -0.4 is 10.5 Å². The number of hydrogen-bond acceptors (Lipinski definition) is 3. The minimum absolute atomic E-state index is 0.723. The molecule has 2 aromatic rings. The van der Waals surface area contributed by atoms with Crippen molar-refractivity contribution in [2.24, 2.45) is 0 Å². The van der Waals surface area contributed by atoms with Gasteiger partial charge >= 0.3 is 0 Å². The van der Waals surface area contributed by atoms with Crippen LogP contribution in [0.15, 0.2) is 41.0 Å². The number of ether oxygens (including phenoxy) is 1. The van der Waals surface area contributed by atoms with Crippen LogP contribution in [-0.2, 0) is 0 Å². The molecule has 3 heteroatoms. The van der Waals surface area contributed by atoms with Gasteiger partial charge in [0.1, 0.15) is 11.5 Å². The number of aryl methyl sites for hydroxylation is 1. The Balaban J connectivity index is 2.19. The summed E-state index contributed by atoms with van der Waals surface area (Å²) in [7, 11) is 0. The van der Waals surface area contributed by atoms with Gasteiger partial charge in [-0.05, 0) is 31.2 Å². The van der Waals surface area contributed by atoms with Gasteiger partial charge in [0.2, 0.25) is 0 Å². The van der Waals surface area contributed by atoms with Crippen molar-refractivity contribution < 1.29 is 9.15 Å². The van der Waals surface area contributed by atoms with Crippen molar-refractivity contribution in [3.63, 3.8) is 0 Å². The van der Waals surface area contributed by atoms with Crippen molar-refractivity contribution in [3.05, 3.63) is 42.4 Å². The topological polar surface area (TPSA) is 48.4 Å². The molecule has 0 spiro atoms. The molecule has 0 aliphatic heterocycles. The number of nitrogen functional groups attached to an aromatic ring is 1. The highest BCUT2D eigenvalue weighted by Crippen LogP contribution is 2.25. The molecule has 1 aromatic heterocycles. The molecule has 0 saturated carbocycles. The van der Waals surface area contributed by atoms with Crippen LogP contribution in [0.25, 0.3) is 0 Å². The van der Waals surface area contributed by atoms with Gasteiger partial charge in [0.05, 0.1) is 6.26 Å². The fourth-order valence-electron chi connectivity index (χ4n) is 1.14. The third kappa shape index (κ3) is 1.71. The molecule has 0 bridgehead atoms. The zero-order valence-electron chi connectivity index (χ0n) is 7.86. The number of benzene rings is 1. The second kappa shape index (κ2) is 3.46. The Labute approximate surface area is 82.1 Å². The summed E-state index contributed by atoms with van der Waals surface area (Å²) in [4.78, 5) is 0. The second-order valence-corrected chi connectivity index (χ2v) is 3.01. The van der Waals surface area contributed by atoms with Crippen LogP contribution in [0.1, 0.15) is 5.76 Å². The highest BCUT2D eigenvalue weighted by molar-refractivity contribution is 5.43. The predicted octanol–water partition coefficient (Wildman–Crippen LogP) is 2.96. The van der Waals surface area contributed by atoms with Crippen LogP contribution in [0.5, 0.6) is 11.5 Å². The molecular weight excluding hydrogens is 178 g/mol. The lowest BCUT2D eigenvalue weighted by Crippen LogP contribution is -1.86. The van der Waals surface area contributed by atoms with Crippen LogP contribution in [0.4, 0.5) is 5.69 Å². The largest absolute Gasteiger partial charge is 0.466 e. The zero-order valence-corrected chi connectivity index (χ0v) is 7.86. The molecule has 0 aliphatic rings. The highest BCUT2D eigenvalue weighted by Gasteiger charge is 2.02. The lowest BCUT2D eigenvalue weighted by molar-refractivity contribution is 0.451. The molecule has 0 atom stereocenters. The standard InChI is InChI=1S/C11H11NO2/c1-8-11(6-7-13-8)14-10-4-2-9(12)3-5-10/h2-7H,12H2,1H3. The normalized spacial score (nSPS) is 10.1. The van der Waals surface area contributed by atoms with E-state index in [0.717, 1.165) is 22.9 Å². The van der Waals surface area contributed by atoms with E-state index in [-0.39, 0.29) is 0 Å². The smallest absolute Gasteiger partial charge is 0.168 e. The third-order valence-electron chi connectivity index (χ3n) is 1.92. The maximum atomic E-state index is 5.56. The van der Waals surface area contributed by atoms with Crippen LogP contribution in [0.3, 0.4) is 0 Å². The van der Waals surface area contributed by atoms with Crippen molar-refractivity contribution in [3.8, 4) is 11.5 Å². The quantitative estimate of drug-likeness (QED) is 0.739. The summed E-state index contributed by atoms with van der Waals surface area (Å²) in [5, 5.41) is 0. The van der Waals surface area contributed by atoms with E-state index >= 15 is 0 Å². The van der Waals surface area contributed by atoms with Crippen LogP contribution >= 0.6 is 0 Å². The Morgan fingerprint density at radius 2 is 1.86 bits per heavy atom. The van der Waals surface area contributed by atoms with Crippen molar-refractivity contribution in [1.82, 2.24) is 0 Å². The highest BCUT2D eigenvalue weighted by atomic mass is 16.5. The van der Waals surface area contributed by atoms with Gasteiger partial charge in [0, 0.05) is 11.8 Å². The Kier molecular flexibility index (Phi) is 2.14. The van der Waals surface area contributed by atoms with E-state index in [2.05, 4.69) is 0 Å². The molecule has 14 heavy (non-hydrogen) atoms. The van der Waals surface area contributed by atoms with Crippen LogP contribution in [-0.4, -0.2) is 0 Å². The van der Waals surface area contributed by atoms with Gasteiger partial charge < -0.3 is 14.9 Å². The summed E-state index contributed by atoms with van der Waals surface area (Å²) in [6.07, 6.45) is 1.60. The minimum atomic E-state index is 0.723. The first-order chi connectivity index (χ1) is 6.75. The summed E-state index contributed by atoms with van der Waals surface area (Å²) >= 11 is 0. The molecular formula is C11H11NO2. The maximum absolute atomic E-state index is 5.56. The van der Waals surface area contributed by atoms with E-state index in [1.54, 1.807) is 24.5 Å². The Hall–Kier alpha value is -1.90. The molecule has 0 radical (unpaired) electrons. The first kappa shape index (κ1) is 8.69. The van der Waals surface area contributed by atoms with Gasteiger partial charge in [0.25, 0.3) is 0 Å². The molecule has 2 rings (SSSR count). The van der Waals surface area contributed by atoms with Crippen molar-refractivity contribution in [2.45, 2.75) is 6.92 Å². The van der Waals surface area contributed by atoms with E-state index in [4.69, 9.17) is 14.9 Å². The molecule has 2 N–H and O–H groups in total. The van der Waals surface area contributed by atoms with E-state index in [1.165, 1.54) is 0 Å². The van der Waals surface area contributed by atoms with Gasteiger partial charge in [-0.3, -0.25) is 0 Å². The van der Waals surface area contributed by atoms with E-state index in [0.29, 0.717) is 0 Å². The molecule has 1 aromatic carbocycles. The number of furan rings is 1. The molecule has 0 unspecified atom stereocenters. The van der Waals surface area contributed by atoms with Crippen LogP contribution in [0.2, 0.25) is 0 Å². The summed E-state index contributed by atoms with van der Waals surface area (Å²) in [5.74, 6) is 2.25. The number of hydrogen-bond donors (Lipinski definition) is 1. The first-order valence-electron chi connectivity index (χ1n) is 4.33. The number of nitrogens with two attached hydrogens (primary N) is 1. The molecule has 1 heterocycles. The Morgan fingerprint density at radius 3 is 2.43 bits per heavy atom. The second-order valence-electron chi connectivity index (χ2n) is 3.01. The molecule has 72 valence electrons. The monoisotopic (exact) mass is 189 g/mol. The van der Waals surface area contributed by atoms with Gasteiger partial charge in [-0.1, -0.05) is 0 Å². The molecule has 0 aliphatic carbocycles. The lowest BCUT2D eigenvalue weighted by Gasteiger charge is -2.03. The van der Waals surface area contributed by atoms with Gasteiger partial charge in [-0.15, -0.1) is 0 Å². The van der Waals surface area contributed by atoms with E-state index < -0.39 is 0 Å². The molecule has 3 nitrogen and oxygen atoms in total. The van der Waals surface area contributed by atoms with Gasteiger partial charge in [-0.2, -0.15) is 0 Å². The van der Waals surface area contributed by atoms with Crippen molar-refractivity contribution in [1.29, 1.82) is 0 Å². The van der Waals surface area contributed by atoms with E-state index in [9.17, 15) is 0 Å². The Bertz CT molecular complexity index is 417. The summed E-state index contributed by atoms with van der Waals surface area (Å²) in [5.41, 5.74) is 6.28. The lowest BCUT2D eigenvalue weighted by atomic mass is 10.3. The summed E-state index contributed by atoms with van der Waals surface area (Å²) in [6, 6.07) is 9.02. The van der Waals surface area contributed by atoms with Gasteiger partial charge in [0.15, 0.2) is 5.75 Å². The summed E-state index contributed by atoms with van der Waals surface area (Å²) in [6.45, 7) is 1.85. The average Bonchev–Trinajstić information content (AvgIpc) is 2.56. The minimum Gasteiger partial charge on any atom is -0.466 e.